The molecule has 0 saturated carbocycles. The van der Waals surface area contributed by atoms with Crippen LogP contribution in [-0.2, 0) is 12.8 Å². The van der Waals surface area contributed by atoms with Gasteiger partial charge in [-0.05, 0) is 61.9 Å². The molecule has 0 bridgehead atoms. The molecule has 0 spiro atoms. The number of aromatic nitrogens is 2. The summed E-state index contributed by atoms with van der Waals surface area (Å²) in [7, 11) is 0. The second-order valence-corrected chi connectivity index (χ2v) is 6.23. The zero-order valence-corrected chi connectivity index (χ0v) is 13.2. The Labute approximate surface area is 134 Å². The van der Waals surface area contributed by atoms with E-state index in [0.717, 1.165) is 35.1 Å². The summed E-state index contributed by atoms with van der Waals surface area (Å²) in [5.41, 5.74) is 12.7. The van der Waals surface area contributed by atoms with Crippen molar-refractivity contribution in [1.82, 2.24) is 9.97 Å². The van der Waals surface area contributed by atoms with E-state index in [9.17, 15) is 0 Å². The van der Waals surface area contributed by atoms with Crippen LogP contribution in [-0.4, -0.2) is 15.7 Å². The van der Waals surface area contributed by atoms with E-state index in [1.54, 1.807) is 6.92 Å². The quantitative estimate of drug-likeness (QED) is 0.627. The third-order valence-corrected chi connectivity index (χ3v) is 4.83. The van der Waals surface area contributed by atoms with Crippen LogP contribution in [0.3, 0.4) is 0 Å². The zero-order chi connectivity index (χ0) is 16.0. The highest BCUT2D eigenvalue weighted by Gasteiger charge is 2.22. The molecule has 0 atom stereocenters. The van der Waals surface area contributed by atoms with Crippen LogP contribution in [0.25, 0.3) is 27.4 Å². The van der Waals surface area contributed by atoms with Crippen LogP contribution in [0.1, 0.15) is 36.6 Å². The number of nitrogens with two attached hydrogens (primary N) is 1. The van der Waals surface area contributed by atoms with E-state index in [0.29, 0.717) is 5.71 Å². The molecule has 23 heavy (non-hydrogen) atoms. The number of hydrogen-bond acceptors (Lipinski definition) is 3. The molecule has 3 aromatic rings. The van der Waals surface area contributed by atoms with Crippen LogP contribution >= 0.6 is 0 Å². The maximum atomic E-state index is 8.03. The Bertz CT molecular complexity index is 962. The average molecular weight is 304 g/mol. The van der Waals surface area contributed by atoms with Gasteiger partial charge in [0.25, 0.3) is 0 Å². The molecule has 1 aliphatic carbocycles. The third kappa shape index (κ3) is 2.05. The summed E-state index contributed by atoms with van der Waals surface area (Å²) >= 11 is 0. The highest BCUT2D eigenvalue weighted by molar-refractivity contribution is 6.21. The monoisotopic (exact) mass is 304 g/mol. The predicted molar refractivity (Wildman–Crippen MR) is 95.8 cm³/mol. The van der Waals surface area contributed by atoms with Crippen molar-refractivity contribution in [2.45, 2.75) is 32.6 Å². The molecule has 4 N–H and O–H groups in total. The highest BCUT2D eigenvalue weighted by atomic mass is 14.7. The van der Waals surface area contributed by atoms with Gasteiger partial charge in [0.2, 0.25) is 0 Å². The first-order valence-corrected chi connectivity index (χ1v) is 8.10. The molecule has 0 fully saturated rings. The molecule has 0 radical (unpaired) electrons. The van der Waals surface area contributed by atoms with E-state index in [2.05, 4.69) is 23.2 Å². The van der Waals surface area contributed by atoms with E-state index in [-0.39, 0.29) is 0 Å². The number of nitrogens with one attached hydrogen (secondary N) is 2. The summed E-state index contributed by atoms with van der Waals surface area (Å²) < 4.78 is 0. The lowest BCUT2D eigenvalue weighted by Crippen LogP contribution is -2.12. The Morgan fingerprint density at radius 3 is 2.74 bits per heavy atom. The van der Waals surface area contributed by atoms with Crippen molar-refractivity contribution < 1.29 is 0 Å². The normalized spacial score (nSPS) is 15.1. The van der Waals surface area contributed by atoms with E-state index in [4.69, 9.17) is 16.1 Å². The Kier molecular flexibility index (Phi) is 3.18. The Morgan fingerprint density at radius 2 is 2.00 bits per heavy atom. The molecule has 4 rings (SSSR count). The van der Waals surface area contributed by atoms with Gasteiger partial charge < -0.3 is 16.1 Å². The van der Waals surface area contributed by atoms with Gasteiger partial charge in [0.15, 0.2) is 0 Å². The number of fused-ring (bicyclic) bond motifs is 5. The number of rotatable bonds is 2. The lowest BCUT2D eigenvalue weighted by molar-refractivity contribution is 0.686. The topological polar surface area (TPSA) is 78.6 Å². The number of allylic oxidation sites excluding steroid dienone is 1. The van der Waals surface area contributed by atoms with Crippen molar-refractivity contribution in [2.75, 3.05) is 0 Å². The molecule has 116 valence electrons. The van der Waals surface area contributed by atoms with Crippen LogP contribution in [0.2, 0.25) is 0 Å². The number of aryl methyl sites for hydroxylation is 1. The summed E-state index contributed by atoms with van der Waals surface area (Å²) in [5, 5.41) is 10.5. The minimum atomic E-state index is 0.467. The zero-order valence-electron chi connectivity index (χ0n) is 13.2. The summed E-state index contributed by atoms with van der Waals surface area (Å²) in [5.74, 6) is 0. The molecule has 2 heterocycles. The first-order valence-electron chi connectivity index (χ1n) is 8.10. The van der Waals surface area contributed by atoms with Gasteiger partial charge in [0.05, 0.1) is 11.2 Å². The van der Waals surface area contributed by atoms with Crippen molar-refractivity contribution in [3.05, 3.63) is 47.4 Å². The van der Waals surface area contributed by atoms with Gasteiger partial charge in [-0.25, -0.2) is 4.98 Å². The number of aromatic amines is 1. The molecule has 4 heteroatoms. The van der Waals surface area contributed by atoms with E-state index < -0.39 is 0 Å². The lowest BCUT2D eigenvalue weighted by Gasteiger charge is -2.22. The standard InChI is InChI=1S/C19H20N4/c1-11(21)15(10-20)19-13-5-3-2-4-12(13)18-14-8-9-22-16(14)6-7-17(18)23-19/h6-10,21-22H,2-5,20H2,1H3/b15-10+,21-11?. The third-order valence-electron chi connectivity index (χ3n) is 4.83. The van der Waals surface area contributed by atoms with Gasteiger partial charge in [-0.1, -0.05) is 0 Å². The Balaban J connectivity index is 2.14. The molecule has 0 amide bonds. The number of hydrogen-bond donors (Lipinski definition) is 3. The molecule has 0 unspecified atom stereocenters. The lowest BCUT2D eigenvalue weighted by atomic mass is 9.85. The first-order chi connectivity index (χ1) is 11.2. The molecule has 1 aliphatic rings. The van der Waals surface area contributed by atoms with Crippen molar-refractivity contribution in [3.63, 3.8) is 0 Å². The fourth-order valence-electron chi connectivity index (χ4n) is 3.77. The van der Waals surface area contributed by atoms with E-state index in [1.165, 1.54) is 40.9 Å². The van der Waals surface area contributed by atoms with Crippen LogP contribution in [0, 0.1) is 5.41 Å². The van der Waals surface area contributed by atoms with Crippen molar-refractivity contribution in [3.8, 4) is 0 Å². The number of H-pyrrole nitrogens is 1. The minimum Gasteiger partial charge on any atom is -0.404 e. The fraction of sp³-hybridized carbons (Fsp3) is 0.263. The summed E-state index contributed by atoms with van der Waals surface area (Å²) in [4.78, 5) is 8.20. The molecule has 0 saturated heterocycles. The maximum absolute atomic E-state index is 8.03. The van der Waals surface area contributed by atoms with Crippen molar-refractivity contribution in [2.24, 2.45) is 5.73 Å². The van der Waals surface area contributed by atoms with Crippen LogP contribution in [0.15, 0.2) is 30.6 Å². The fourth-order valence-corrected chi connectivity index (χ4v) is 3.77. The number of nitrogens with zero attached hydrogens (tertiary/aromatic N) is 1. The average Bonchev–Trinajstić information content (AvgIpc) is 3.03. The van der Waals surface area contributed by atoms with Crippen molar-refractivity contribution >= 4 is 33.1 Å². The summed E-state index contributed by atoms with van der Waals surface area (Å²) in [6.07, 6.45) is 7.97. The van der Waals surface area contributed by atoms with Gasteiger partial charge >= 0.3 is 0 Å². The number of pyridine rings is 1. The van der Waals surface area contributed by atoms with Crippen LogP contribution in [0.4, 0.5) is 0 Å². The second-order valence-electron chi connectivity index (χ2n) is 6.23. The molecule has 2 aromatic heterocycles. The van der Waals surface area contributed by atoms with Crippen LogP contribution < -0.4 is 5.73 Å². The van der Waals surface area contributed by atoms with Gasteiger partial charge in [-0.3, -0.25) is 0 Å². The molecule has 1 aromatic carbocycles. The predicted octanol–water partition coefficient (Wildman–Crippen LogP) is 3.93. The van der Waals surface area contributed by atoms with Gasteiger partial charge in [-0.2, -0.15) is 0 Å². The van der Waals surface area contributed by atoms with Gasteiger partial charge in [0, 0.05) is 40.0 Å². The van der Waals surface area contributed by atoms with Crippen molar-refractivity contribution in [1.29, 1.82) is 5.41 Å². The highest BCUT2D eigenvalue weighted by Crippen LogP contribution is 2.36. The summed E-state index contributed by atoms with van der Waals surface area (Å²) in [6, 6.07) is 6.28. The molecule has 4 nitrogen and oxygen atoms in total. The second kappa shape index (κ2) is 5.23. The van der Waals surface area contributed by atoms with Gasteiger partial charge in [0.1, 0.15) is 0 Å². The minimum absolute atomic E-state index is 0.467. The van der Waals surface area contributed by atoms with Gasteiger partial charge in [-0.15, -0.1) is 0 Å². The molecule has 0 aliphatic heterocycles. The molecular weight excluding hydrogens is 284 g/mol. The number of benzene rings is 1. The Morgan fingerprint density at radius 1 is 1.22 bits per heavy atom. The first kappa shape index (κ1) is 14.0. The smallest absolute Gasteiger partial charge is 0.0776 e. The molecular formula is C19H20N4. The maximum Gasteiger partial charge on any atom is 0.0776 e. The Hall–Kier alpha value is -2.62. The van der Waals surface area contributed by atoms with Crippen LogP contribution in [0.5, 0.6) is 0 Å². The largest absolute Gasteiger partial charge is 0.404 e. The SMILES string of the molecule is CC(=N)/C(=C\N)c1nc2ccc3[nH]ccc3c2c2c1CCCC2. The summed E-state index contributed by atoms with van der Waals surface area (Å²) in [6.45, 7) is 1.77. The van der Waals surface area contributed by atoms with E-state index >= 15 is 0 Å². The van der Waals surface area contributed by atoms with E-state index in [1.807, 2.05) is 6.20 Å².